The Balaban J connectivity index is 1.87. The molecule has 9 heteroatoms. The summed E-state index contributed by atoms with van der Waals surface area (Å²) in [6, 6.07) is 15.1. The number of primary amides is 1. The molecule has 0 aliphatic carbocycles. The SMILES string of the molecule is NC(=O)C1=c2s/c(=C\c3ccco3)c(=O)n2C(N)=C(C(=O)c2ccccc2)[C@H]1c1ccco1. The monoisotopic (exact) mass is 459 g/mol. The Labute approximate surface area is 190 Å². The van der Waals surface area contributed by atoms with E-state index in [4.69, 9.17) is 20.3 Å². The summed E-state index contributed by atoms with van der Waals surface area (Å²) in [6.45, 7) is 0. The number of carbonyl (C=O) groups is 2. The lowest BCUT2D eigenvalue weighted by molar-refractivity contribution is -0.113. The molecule has 0 spiro atoms. The lowest BCUT2D eigenvalue weighted by Gasteiger charge is -2.25. The highest BCUT2D eigenvalue weighted by Gasteiger charge is 2.39. The molecule has 3 aromatic heterocycles. The molecule has 0 unspecified atom stereocenters. The number of hydrogen-bond donors (Lipinski definition) is 2. The van der Waals surface area contributed by atoms with Gasteiger partial charge in [-0.05, 0) is 24.3 Å². The Morgan fingerprint density at radius 3 is 2.33 bits per heavy atom. The fourth-order valence-corrected chi connectivity index (χ4v) is 5.06. The average molecular weight is 459 g/mol. The van der Waals surface area contributed by atoms with Gasteiger partial charge in [0.05, 0.1) is 34.1 Å². The van der Waals surface area contributed by atoms with Crippen LogP contribution in [0.4, 0.5) is 0 Å². The molecule has 1 atom stereocenters. The first-order chi connectivity index (χ1) is 16.0. The van der Waals surface area contributed by atoms with Crippen LogP contribution in [0, 0.1) is 0 Å². The van der Waals surface area contributed by atoms with Crippen LogP contribution in [0.15, 0.2) is 86.3 Å². The molecule has 164 valence electrons. The van der Waals surface area contributed by atoms with Gasteiger partial charge in [-0.25, -0.2) is 0 Å². The number of benzene rings is 1. The zero-order chi connectivity index (χ0) is 23.1. The smallest absolute Gasteiger partial charge is 0.274 e. The fourth-order valence-electron chi connectivity index (χ4n) is 3.90. The normalized spacial score (nSPS) is 16.2. The number of rotatable bonds is 5. The summed E-state index contributed by atoms with van der Waals surface area (Å²) in [4.78, 5) is 39.6. The minimum absolute atomic E-state index is 0.0434. The summed E-state index contributed by atoms with van der Waals surface area (Å²) >= 11 is 1.04. The summed E-state index contributed by atoms with van der Waals surface area (Å²) in [5.41, 5.74) is 12.2. The van der Waals surface area contributed by atoms with Crippen molar-refractivity contribution in [2.45, 2.75) is 5.92 Å². The van der Waals surface area contributed by atoms with Gasteiger partial charge in [0.2, 0.25) is 5.91 Å². The van der Waals surface area contributed by atoms with Crippen LogP contribution in [-0.2, 0) is 4.79 Å². The van der Waals surface area contributed by atoms with E-state index in [0.717, 1.165) is 15.9 Å². The van der Waals surface area contributed by atoms with Gasteiger partial charge in [0.25, 0.3) is 5.56 Å². The lowest BCUT2D eigenvalue weighted by Crippen LogP contribution is -2.42. The van der Waals surface area contributed by atoms with Crippen LogP contribution in [0.5, 0.6) is 0 Å². The highest BCUT2D eigenvalue weighted by atomic mass is 32.1. The number of carbonyl (C=O) groups excluding carboxylic acids is 2. The summed E-state index contributed by atoms with van der Waals surface area (Å²) in [5.74, 6) is -1.51. The van der Waals surface area contributed by atoms with Gasteiger partial charge < -0.3 is 20.3 Å². The van der Waals surface area contributed by atoms with Crippen molar-refractivity contribution in [2.24, 2.45) is 11.5 Å². The molecule has 0 bridgehead atoms. The van der Waals surface area contributed by atoms with Crippen LogP contribution in [0.2, 0.25) is 0 Å². The zero-order valence-corrected chi connectivity index (χ0v) is 17.9. The molecule has 0 radical (unpaired) electrons. The Bertz CT molecular complexity index is 1570. The molecule has 0 fully saturated rings. The van der Waals surface area contributed by atoms with Gasteiger partial charge in [-0.3, -0.25) is 19.0 Å². The number of hydrogen-bond acceptors (Lipinski definition) is 7. The minimum Gasteiger partial charge on any atom is -0.468 e. The van der Waals surface area contributed by atoms with Gasteiger partial charge in [0.15, 0.2) is 5.78 Å². The quantitative estimate of drug-likeness (QED) is 0.433. The van der Waals surface area contributed by atoms with E-state index >= 15 is 0 Å². The number of Topliss-reactive ketones (excluding diaryl/α,β-unsaturated/α-hetero) is 1. The van der Waals surface area contributed by atoms with Crippen molar-refractivity contribution in [2.75, 3.05) is 0 Å². The minimum atomic E-state index is -0.972. The van der Waals surface area contributed by atoms with Crippen LogP contribution in [-0.4, -0.2) is 16.3 Å². The number of thiazole rings is 1. The molecule has 1 aliphatic heterocycles. The molecule has 4 N–H and O–H groups in total. The van der Waals surface area contributed by atoms with Crippen LogP contribution < -0.4 is 26.2 Å². The maximum Gasteiger partial charge on any atom is 0.274 e. The van der Waals surface area contributed by atoms with Crippen LogP contribution in [0.25, 0.3) is 17.5 Å². The van der Waals surface area contributed by atoms with E-state index in [9.17, 15) is 14.4 Å². The number of nitrogens with zero attached hydrogens (tertiary/aromatic N) is 1. The maximum absolute atomic E-state index is 13.6. The van der Waals surface area contributed by atoms with Crippen LogP contribution >= 0.6 is 11.3 Å². The summed E-state index contributed by atoms with van der Waals surface area (Å²) in [6.07, 6.45) is 4.46. The molecule has 4 aromatic rings. The van der Waals surface area contributed by atoms with Gasteiger partial charge in [0, 0.05) is 11.6 Å². The highest BCUT2D eigenvalue weighted by molar-refractivity contribution is 7.07. The van der Waals surface area contributed by atoms with E-state index in [-0.39, 0.29) is 26.2 Å². The van der Waals surface area contributed by atoms with E-state index < -0.39 is 23.2 Å². The Morgan fingerprint density at radius 1 is 0.970 bits per heavy atom. The first-order valence-electron chi connectivity index (χ1n) is 9.91. The average Bonchev–Trinajstić information content (AvgIpc) is 3.57. The zero-order valence-electron chi connectivity index (χ0n) is 17.1. The van der Waals surface area contributed by atoms with Crippen LogP contribution in [0.3, 0.4) is 0 Å². The van der Waals surface area contributed by atoms with Crippen molar-refractivity contribution >= 4 is 40.5 Å². The second-order valence-electron chi connectivity index (χ2n) is 7.29. The fraction of sp³-hybridized carbons (Fsp3) is 0.0417. The summed E-state index contributed by atoms with van der Waals surface area (Å²) < 4.78 is 12.6. The maximum atomic E-state index is 13.6. The predicted octanol–water partition coefficient (Wildman–Crippen LogP) is 1.37. The number of aromatic nitrogens is 1. The number of furan rings is 2. The molecule has 0 saturated heterocycles. The van der Waals surface area contributed by atoms with Crippen molar-refractivity contribution in [3.05, 3.63) is 109 Å². The van der Waals surface area contributed by atoms with Gasteiger partial charge in [-0.1, -0.05) is 30.3 Å². The van der Waals surface area contributed by atoms with E-state index in [2.05, 4.69) is 0 Å². The topological polar surface area (TPSA) is 134 Å². The van der Waals surface area contributed by atoms with E-state index in [1.165, 1.54) is 12.5 Å². The molecule has 8 nitrogen and oxygen atoms in total. The van der Waals surface area contributed by atoms with Crippen molar-refractivity contribution in [1.29, 1.82) is 0 Å². The Hall–Kier alpha value is -4.37. The largest absolute Gasteiger partial charge is 0.468 e. The molecule has 1 aliphatic rings. The van der Waals surface area contributed by atoms with Crippen molar-refractivity contribution < 1.29 is 18.4 Å². The number of ketones is 1. The molecular weight excluding hydrogens is 442 g/mol. The Kier molecular flexibility index (Phi) is 4.95. The van der Waals surface area contributed by atoms with Crippen LogP contribution in [0.1, 0.15) is 27.8 Å². The number of nitrogens with two attached hydrogens (primary N) is 2. The lowest BCUT2D eigenvalue weighted by atomic mass is 9.83. The van der Waals surface area contributed by atoms with Gasteiger partial charge in [-0.15, -0.1) is 11.3 Å². The molecular formula is C24H17N3O5S. The third kappa shape index (κ3) is 3.35. The molecule has 33 heavy (non-hydrogen) atoms. The predicted molar refractivity (Wildman–Crippen MR) is 122 cm³/mol. The number of allylic oxidation sites excluding steroid dienone is 1. The Morgan fingerprint density at radius 2 is 1.70 bits per heavy atom. The second-order valence-corrected chi connectivity index (χ2v) is 8.32. The summed E-state index contributed by atoms with van der Waals surface area (Å²) in [7, 11) is 0. The van der Waals surface area contributed by atoms with Crippen molar-refractivity contribution in [1.82, 2.24) is 4.57 Å². The van der Waals surface area contributed by atoms with E-state index in [1.807, 2.05) is 0 Å². The molecule has 1 amide bonds. The van der Waals surface area contributed by atoms with E-state index in [0.29, 0.717) is 17.1 Å². The molecule has 5 rings (SSSR count). The van der Waals surface area contributed by atoms with Gasteiger partial charge in [0.1, 0.15) is 22.0 Å². The first-order valence-corrected chi connectivity index (χ1v) is 10.7. The van der Waals surface area contributed by atoms with Gasteiger partial charge >= 0.3 is 0 Å². The second kappa shape index (κ2) is 7.95. The first kappa shape index (κ1) is 20.5. The molecule has 1 aromatic carbocycles. The van der Waals surface area contributed by atoms with Crippen molar-refractivity contribution in [3.63, 3.8) is 0 Å². The standard InChI is InChI=1S/C24H17N3O5S/c25-21-18(20(28)13-6-2-1-3-7-13)17(15-9-5-11-32-15)19(22(26)29)24-27(21)23(30)16(33-24)12-14-8-4-10-31-14/h1-12,17H,25H2,(H2,26,29)/b16-12-/t17-/m1/s1. The summed E-state index contributed by atoms with van der Waals surface area (Å²) in [5, 5.41) is 0. The number of fused-ring (bicyclic) bond motifs is 1. The molecule has 0 saturated carbocycles. The third-order valence-corrected chi connectivity index (χ3v) is 6.45. The van der Waals surface area contributed by atoms with Gasteiger partial charge in [-0.2, -0.15) is 0 Å². The number of amides is 1. The molecule has 4 heterocycles. The third-order valence-electron chi connectivity index (χ3n) is 5.34. The van der Waals surface area contributed by atoms with Crippen molar-refractivity contribution in [3.8, 4) is 0 Å². The highest BCUT2D eigenvalue weighted by Crippen LogP contribution is 2.38. The van der Waals surface area contributed by atoms with E-state index in [1.54, 1.807) is 60.7 Å².